The lowest BCUT2D eigenvalue weighted by Crippen LogP contribution is -2.35. The summed E-state index contributed by atoms with van der Waals surface area (Å²) in [6.45, 7) is 7.14. The Labute approximate surface area is 141 Å². The molecule has 3 aromatic rings. The normalized spacial score (nSPS) is 11.4. The molecule has 113 valence electrons. The van der Waals surface area contributed by atoms with Gasteiger partial charge >= 0.3 is 7.00 Å². The number of benzene rings is 3. The van der Waals surface area contributed by atoms with Gasteiger partial charge in [-0.15, -0.1) is 0 Å². The monoisotopic (exact) mass is 316 g/mol. The molecule has 2 heteroatoms. The van der Waals surface area contributed by atoms with Gasteiger partial charge in [0, 0.05) is 0 Å². The Kier molecular flexibility index (Phi) is 4.98. The molecule has 0 atom stereocenters. The Hall–Kier alpha value is -1.85. The average molecular weight is 316 g/mol. The van der Waals surface area contributed by atoms with Gasteiger partial charge in [0.05, 0.1) is 23.1 Å². The first kappa shape index (κ1) is 16.0. The minimum absolute atomic E-state index is 0.518. The van der Waals surface area contributed by atoms with Gasteiger partial charge in [-0.2, -0.15) is 0 Å². The summed E-state index contributed by atoms with van der Waals surface area (Å²) >= 11 is 0. The number of rotatable bonds is 5. The van der Waals surface area contributed by atoms with Crippen molar-refractivity contribution in [3.63, 3.8) is 0 Å². The van der Waals surface area contributed by atoms with Crippen molar-refractivity contribution >= 4 is 30.1 Å². The number of hydrogen-bond donors (Lipinski definition) is 0. The minimum Gasteiger partial charge on any atom is -0.0660 e. The Bertz CT molecular complexity index is 627. The highest BCUT2D eigenvalue weighted by molar-refractivity contribution is 8.16. The molecule has 0 aromatic heterocycles. The van der Waals surface area contributed by atoms with E-state index in [1.54, 1.807) is 0 Å². The van der Waals surface area contributed by atoms with E-state index < -0.39 is 7.14 Å². The van der Waals surface area contributed by atoms with Crippen LogP contribution in [0.15, 0.2) is 91.0 Å². The van der Waals surface area contributed by atoms with Crippen LogP contribution in [-0.2, 0) is 0 Å². The fourth-order valence-electron chi connectivity index (χ4n) is 3.14. The van der Waals surface area contributed by atoms with Crippen LogP contribution in [0.1, 0.15) is 13.8 Å². The Morgan fingerprint density at radius 1 is 0.565 bits per heavy atom. The van der Waals surface area contributed by atoms with Gasteiger partial charge in [-0.05, 0) is 42.2 Å². The van der Waals surface area contributed by atoms with E-state index in [9.17, 15) is 0 Å². The molecule has 0 saturated carbocycles. The molecule has 0 amide bonds. The van der Waals surface area contributed by atoms with Gasteiger partial charge in [-0.1, -0.05) is 68.4 Å². The lowest BCUT2D eigenvalue weighted by Gasteiger charge is -2.28. The molecule has 3 rings (SSSR count). The van der Waals surface area contributed by atoms with Gasteiger partial charge in [-0.25, -0.2) is 0 Å². The van der Waals surface area contributed by atoms with Crippen LogP contribution >= 0.6 is 7.14 Å². The van der Waals surface area contributed by atoms with Crippen LogP contribution in [0.5, 0.6) is 0 Å². The molecule has 23 heavy (non-hydrogen) atoms. The van der Waals surface area contributed by atoms with Crippen LogP contribution in [-0.4, -0.2) is 7.00 Å². The summed E-state index contributed by atoms with van der Waals surface area (Å²) < 4.78 is 0. The minimum atomic E-state index is -1.73. The topological polar surface area (TPSA) is 0 Å². The molecule has 3 aromatic carbocycles. The summed E-state index contributed by atoms with van der Waals surface area (Å²) in [6, 6.07) is 32.9. The van der Waals surface area contributed by atoms with E-state index in [1.807, 2.05) is 0 Å². The quantitative estimate of drug-likeness (QED) is 0.482. The third-order valence-corrected chi connectivity index (χ3v) is 8.39. The second kappa shape index (κ2) is 7.15. The Morgan fingerprint density at radius 2 is 0.870 bits per heavy atom. The fourth-order valence-corrected chi connectivity index (χ4v) is 7.37. The van der Waals surface area contributed by atoms with E-state index in [2.05, 4.69) is 112 Å². The lowest BCUT2D eigenvalue weighted by molar-refractivity contribution is 1.07. The van der Waals surface area contributed by atoms with Crippen LogP contribution in [0.3, 0.4) is 0 Å². The lowest BCUT2D eigenvalue weighted by atomic mass is 9.90. The van der Waals surface area contributed by atoms with E-state index in [0.29, 0.717) is 5.82 Å². The third kappa shape index (κ3) is 3.26. The highest BCUT2D eigenvalue weighted by Crippen LogP contribution is 2.55. The first-order chi connectivity index (χ1) is 11.2. The molecule has 0 aliphatic heterocycles. The maximum absolute atomic E-state index is 2.58. The maximum Gasteiger partial charge on any atom is 0.377 e. The molecular weight excluding hydrogens is 294 g/mol. The van der Waals surface area contributed by atoms with Crippen molar-refractivity contribution in [3.05, 3.63) is 91.0 Å². The zero-order chi connectivity index (χ0) is 16.1. The van der Waals surface area contributed by atoms with E-state index >= 15 is 0 Å². The van der Waals surface area contributed by atoms with E-state index in [-0.39, 0.29) is 0 Å². The molecule has 1 radical (unpaired) electrons. The predicted octanol–water partition coefficient (Wildman–Crippen LogP) is 4.43. The maximum atomic E-state index is 2.58. The van der Waals surface area contributed by atoms with Crippen molar-refractivity contribution in [1.82, 2.24) is 0 Å². The van der Waals surface area contributed by atoms with Crippen molar-refractivity contribution in [2.24, 2.45) is 0 Å². The first-order valence-corrected chi connectivity index (χ1v) is 10.0. The standard InChI is InChI=1S/C21H22BP/c1-18(2)22-23(19-12-6-3-7-13-19,20-14-8-4-9-15-20)21-16-10-5-11-17-21/h3-18H,1-2H3/q+1. The molecule has 0 aliphatic carbocycles. The summed E-state index contributed by atoms with van der Waals surface area (Å²) in [5.41, 5.74) is 0. The average Bonchev–Trinajstić information content (AvgIpc) is 2.62. The fraction of sp³-hybridized carbons (Fsp3) is 0.143. The summed E-state index contributed by atoms with van der Waals surface area (Å²) in [6.07, 6.45) is 0. The van der Waals surface area contributed by atoms with Crippen LogP contribution < -0.4 is 15.9 Å². The molecule has 0 bridgehead atoms. The van der Waals surface area contributed by atoms with E-state index in [0.717, 1.165) is 0 Å². The zero-order valence-electron chi connectivity index (χ0n) is 13.8. The van der Waals surface area contributed by atoms with E-state index in [4.69, 9.17) is 0 Å². The van der Waals surface area contributed by atoms with Crippen molar-refractivity contribution in [2.45, 2.75) is 19.7 Å². The van der Waals surface area contributed by atoms with Crippen molar-refractivity contribution in [1.29, 1.82) is 0 Å². The van der Waals surface area contributed by atoms with Gasteiger partial charge in [0.25, 0.3) is 0 Å². The molecular formula is C21H22BP+. The van der Waals surface area contributed by atoms with Crippen molar-refractivity contribution < 1.29 is 0 Å². The van der Waals surface area contributed by atoms with Gasteiger partial charge in [0.15, 0.2) is 0 Å². The largest absolute Gasteiger partial charge is 0.377 e. The molecule has 0 N–H and O–H groups in total. The molecule has 0 nitrogen and oxygen atoms in total. The van der Waals surface area contributed by atoms with Crippen LogP contribution in [0.2, 0.25) is 5.82 Å². The Morgan fingerprint density at radius 3 is 1.13 bits per heavy atom. The van der Waals surface area contributed by atoms with Crippen LogP contribution in [0, 0.1) is 0 Å². The van der Waals surface area contributed by atoms with Crippen molar-refractivity contribution in [2.75, 3.05) is 0 Å². The smallest absolute Gasteiger partial charge is 0.0660 e. The highest BCUT2D eigenvalue weighted by atomic mass is 31.2. The third-order valence-electron chi connectivity index (χ3n) is 4.01. The second-order valence-corrected chi connectivity index (χ2v) is 9.42. The zero-order valence-corrected chi connectivity index (χ0v) is 14.7. The predicted molar refractivity (Wildman–Crippen MR) is 106 cm³/mol. The number of hydrogen-bond acceptors (Lipinski definition) is 0. The van der Waals surface area contributed by atoms with Gasteiger partial charge in [0.2, 0.25) is 0 Å². The summed E-state index contributed by atoms with van der Waals surface area (Å²) in [5, 5.41) is 4.27. The summed E-state index contributed by atoms with van der Waals surface area (Å²) in [5.74, 6) is 0.518. The van der Waals surface area contributed by atoms with Gasteiger partial charge in [-0.3, -0.25) is 0 Å². The molecule has 0 heterocycles. The van der Waals surface area contributed by atoms with E-state index in [1.165, 1.54) is 15.9 Å². The van der Waals surface area contributed by atoms with Gasteiger partial charge < -0.3 is 0 Å². The highest BCUT2D eigenvalue weighted by Gasteiger charge is 2.46. The van der Waals surface area contributed by atoms with Crippen LogP contribution in [0.25, 0.3) is 0 Å². The molecule has 0 saturated heterocycles. The molecule has 0 aliphatic rings. The molecule has 0 fully saturated rings. The Balaban J connectivity index is 2.30. The van der Waals surface area contributed by atoms with Crippen LogP contribution in [0.4, 0.5) is 0 Å². The molecule has 0 unspecified atom stereocenters. The SMILES string of the molecule is CC(C)[B][P+](c1ccccc1)(c1ccccc1)c1ccccc1. The summed E-state index contributed by atoms with van der Waals surface area (Å²) in [4.78, 5) is 0. The first-order valence-electron chi connectivity index (χ1n) is 8.15. The van der Waals surface area contributed by atoms with Gasteiger partial charge in [0.1, 0.15) is 0 Å². The second-order valence-electron chi connectivity index (χ2n) is 6.12. The van der Waals surface area contributed by atoms with Crippen molar-refractivity contribution in [3.8, 4) is 0 Å². The molecule has 0 spiro atoms. The summed E-state index contributed by atoms with van der Waals surface area (Å²) in [7, 11) is -1.73.